The smallest absolute Gasteiger partial charge is 0.151 e. The predicted molar refractivity (Wildman–Crippen MR) is 101 cm³/mol. The molecule has 2 aliphatic heterocycles. The van der Waals surface area contributed by atoms with Crippen LogP contribution in [-0.4, -0.2) is 54.4 Å². The third-order valence-electron chi connectivity index (χ3n) is 4.98. The van der Waals surface area contributed by atoms with Crippen molar-refractivity contribution >= 4 is 5.82 Å². The maximum atomic E-state index is 4.97. The fraction of sp³-hybridized carbons (Fsp3) is 0.500. The number of fused-ring (bicyclic) bond motifs is 1. The van der Waals surface area contributed by atoms with Crippen LogP contribution in [0.15, 0.2) is 42.6 Å². The lowest BCUT2D eigenvalue weighted by atomic mass is 9.99. The molecule has 1 aromatic heterocycles. The highest BCUT2D eigenvalue weighted by Gasteiger charge is 2.29. The molecule has 0 N–H and O–H groups in total. The van der Waals surface area contributed by atoms with Gasteiger partial charge in [0.05, 0.1) is 7.11 Å². The van der Waals surface area contributed by atoms with Crippen LogP contribution in [0.4, 0.5) is 5.82 Å². The van der Waals surface area contributed by atoms with Gasteiger partial charge in [-0.1, -0.05) is 24.1 Å². The molecule has 3 heterocycles. The normalized spacial score (nSPS) is 20.2. The Kier molecular flexibility index (Phi) is 6.23. The topological polar surface area (TPSA) is 41.5 Å². The Hall–Kier alpha value is -2.14. The fourth-order valence-electron chi connectivity index (χ4n) is 3.50. The van der Waals surface area contributed by atoms with E-state index < -0.39 is 0 Å². The highest BCUT2D eigenvalue weighted by molar-refractivity contribution is 5.37. The first-order chi connectivity index (χ1) is 12.3. The number of hydrogen-bond donors (Lipinski definition) is 0. The first-order valence-corrected chi connectivity index (χ1v) is 9.13. The van der Waals surface area contributed by atoms with E-state index in [0.29, 0.717) is 0 Å². The summed E-state index contributed by atoms with van der Waals surface area (Å²) in [7, 11) is 1.67. The van der Waals surface area contributed by atoms with Gasteiger partial charge in [-0.3, -0.25) is 4.90 Å². The number of aryl methyl sites for hydroxylation is 1. The zero-order valence-corrected chi connectivity index (χ0v) is 15.3. The summed E-state index contributed by atoms with van der Waals surface area (Å²) in [4.78, 5) is 5.01. The molecule has 25 heavy (non-hydrogen) atoms. The van der Waals surface area contributed by atoms with E-state index in [0.717, 1.165) is 30.7 Å². The Morgan fingerprint density at radius 3 is 2.60 bits per heavy atom. The van der Waals surface area contributed by atoms with Crippen molar-refractivity contribution in [3.05, 3.63) is 48.2 Å². The van der Waals surface area contributed by atoms with Crippen LogP contribution < -0.4 is 9.64 Å². The van der Waals surface area contributed by atoms with Crippen LogP contribution >= 0.6 is 0 Å². The molecule has 0 spiro atoms. The molecule has 0 amide bonds. The summed E-state index contributed by atoms with van der Waals surface area (Å²) in [5.74, 6) is 1.95. The number of ether oxygens (including phenoxy) is 1. The van der Waals surface area contributed by atoms with Gasteiger partial charge in [-0.05, 0) is 50.6 Å². The average Bonchev–Trinajstić information content (AvgIpc) is 2.69. The van der Waals surface area contributed by atoms with Gasteiger partial charge in [0, 0.05) is 31.9 Å². The standard InChI is InChI=1S/C12H18N4.C8H10O/c1-2-7-15-8-9-16(10-11(15)4-1)12-5-3-6-13-14-12;1-7-3-5-8(9-2)6-4-7/h3,5-6,11H,1-2,4,7-10H2;3-6H,1-2H3. The monoisotopic (exact) mass is 340 g/mol. The summed E-state index contributed by atoms with van der Waals surface area (Å²) in [6.07, 6.45) is 5.84. The Morgan fingerprint density at radius 2 is 1.88 bits per heavy atom. The van der Waals surface area contributed by atoms with E-state index in [1.54, 1.807) is 13.3 Å². The van der Waals surface area contributed by atoms with Gasteiger partial charge >= 0.3 is 0 Å². The molecule has 0 saturated carbocycles. The summed E-state index contributed by atoms with van der Waals surface area (Å²) in [6.45, 7) is 6.74. The van der Waals surface area contributed by atoms with Gasteiger partial charge in [-0.2, -0.15) is 5.10 Å². The molecule has 2 aliphatic rings. The molecule has 1 unspecified atom stereocenters. The maximum absolute atomic E-state index is 4.97. The van der Waals surface area contributed by atoms with E-state index in [4.69, 9.17) is 4.74 Å². The molecule has 2 saturated heterocycles. The van der Waals surface area contributed by atoms with Crippen LogP contribution in [0.1, 0.15) is 24.8 Å². The van der Waals surface area contributed by atoms with Gasteiger partial charge in [-0.25, -0.2) is 0 Å². The molecule has 2 fully saturated rings. The van der Waals surface area contributed by atoms with Crippen molar-refractivity contribution in [3.8, 4) is 5.75 Å². The molecule has 0 bridgehead atoms. The third kappa shape index (κ3) is 4.92. The van der Waals surface area contributed by atoms with Crippen molar-refractivity contribution in [2.24, 2.45) is 0 Å². The molecule has 1 atom stereocenters. The second-order valence-electron chi connectivity index (χ2n) is 6.73. The Bertz CT molecular complexity index is 632. The van der Waals surface area contributed by atoms with E-state index in [1.807, 2.05) is 30.3 Å². The first kappa shape index (κ1) is 17.7. The summed E-state index contributed by atoms with van der Waals surface area (Å²) in [5.41, 5.74) is 1.26. The SMILES string of the molecule is COc1ccc(C)cc1.c1cnnc(N2CCN3CCCCC3C2)c1. The number of piperazine rings is 1. The molecular formula is C20H28N4O. The zero-order chi connectivity index (χ0) is 17.5. The summed E-state index contributed by atoms with van der Waals surface area (Å²) < 4.78 is 4.97. The average molecular weight is 340 g/mol. The molecule has 1 aromatic carbocycles. The summed E-state index contributed by atoms with van der Waals surface area (Å²) >= 11 is 0. The largest absolute Gasteiger partial charge is 0.497 e. The van der Waals surface area contributed by atoms with Crippen molar-refractivity contribution in [3.63, 3.8) is 0 Å². The van der Waals surface area contributed by atoms with Gasteiger partial charge < -0.3 is 9.64 Å². The minimum Gasteiger partial charge on any atom is -0.497 e. The van der Waals surface area contributed by atoms with Crippen LogP contribution in [0.5, 0.6) is 5.75 Å². The quantitative estimate of drug-likeness (QED) is 0.840. The Labute approximate surface area is 150 Å². The van der Waals surface area contributed by atoms with Gasteiger partial charge in [0.1, 0.15) is 5.75 Å². The number of hydrogen-bond acceptors (Lipinski definition) is 5. The van der Waals surface area contributed by atoms with E-state index >= 15 is 0 Å². The second-order valence-corrected chi connectivity index (χ2v) is 6.73. The first-order valence-electron chi connectivity index (χ1n) is 9.13. The number of rotatable bonds is 2. The second kappa shape index (κ2) is 8.81. The van der Waals surface area contributed by atoms with Crippen molar-refractivity contribution in [2.75, 3.05) is 38.2 Å². The number of aromatic nitrogens is 2. The van der Waals surface area contributed by atoms with Crippen LogP contribution in [0.3, 0.4) is 0 Å². The van der Waals surface area contributed by atoms with E-state index in [9.17, 15) is 0 Å². The van der Waals surface area contributed by atoms with Crippen LogP contribution in [0, 0.1) is 6.92 Å². The molecule has 134 valence electrons. The minimum absolute atomic E-state index is 0.740. The lowest BCUT2D eigenvalue weighted by molar-refractivity contribution is 0.133. The van der Waals surface area contributed by atoms with E-state index in [-0.39, 0.29) is 0 Å². The molecule has 4 rings (SSSR count). The lowest BCUT2D eigenvalue weighted by Crippen LogP contribution is -2.55. The molecule has 0 radical (unpaired) electrons. The molecule has 5 heteroatoms. The van der Waals surface area contributed by atoms with Gasteiger partial charge in [0.25, 0.3) is 0 Å². The Balaban J connectivity index is 0.000000173. The molecular weight excluding hydrogens is 312 g/mol. The van der Waals surface area contributed by atoms with Crippen LogP contribution in [0.25, 0.3) is 0 Å². The summed E-state index contributed by atoms with van der Waals surface area (Å²) in [5, 5.41) is 8.16. The zero-order valence-electron chi connectivity index (χ0n) is 15.3. The summed E-state index contributed by atoms with van der Waals surface area (Å²) in [6, 6.07) is 12.7. The fourth-order valence-corrected chi connectivity index (χ4v) is 3.50. The number of methoxy groups -OCH3 is 1. The van der Waals surface area contributed by atoms with E-state index in [1.165, 1.54) is 37.9 Å². The van der Waals surface area contributed by atoms with Gasteiger partial charge in [0.2, 0.25) is 0 Å². The van der Waals surface area contributed by atoms with Crippen molar-refractivity contribution in [2.45, 2.75) is 32.2 Å². The number of nitrogens with zero attached hydrogens (tertiary/aromatic N) is 4. The maximum Gasteiger partial charge on any atom is 0.151 e. The van der Waals surface area contributed by atoms with Crippen molar-refractivity contribution < 1.29 is 4.74 Å². The minimum atomic E-state index is 0.740. The Morgan fingerprint density at radius 1 is 1.04 bits per heavy atom. The number of anilines is 1. The van der Waals surface area contributed by atoms with E-state index in [2.05, 4.69) is 33.0 Å². The van der Waals surface area contributed by atoms with Crippen LogP contribution in [0.2, 0.25) is 0 Å². The number of piperidine rings is 1. The predicted octanol–water partition coefficient (Wildman–Crippen LogP) is 3.15. The third-order valence-corrected chi connectivity index (χ3v) is 4.98. The van der Waals surface area contributed by atoms with Crippen molar-refractivity contribution in [1.82, 2.24) is 15.1 Å². The number of benzene rings is 1. The highest BCUT2D eigenvalue weighted by atomic mass is 16.5. The van der Waals surface area contributed by atoms with Crippen molar-refractivity contribution in [1.29, 1.82) is 0 Å². The van der Waals surface area contributed by atoms with Gasteiger partial charge in [-0.15, -0.1) is 5.10 Å². The molecule has 2 aromatic rings. The van der Waals surface area contributed by atoms with Gasteiger partial charge in [0.15, 0.2) is 5.82 Å². The molecule has 0 aliphatic carbocycles. The highest BCUT2D eigenvalue weighted by Crippen LogP contribution is 2.23. The van der Waals surface area contributed by atoms with Crippen LogP contribution in [-0.2, 0) is 0 Å². The lowest BCUT2D eigenvalue weighted by Gasteiger charge is -2.44. The molecule has 5 nitrogen and oxygen atoms in total.